The van der Waals surface area contributed by atoms with E-state index < -0.39 is 0 Å². The molecule has 3 N–H and O–H groups in total. The largest absolute Gasteiger partial charge is 0.494 e. The first-order valence-electron chi connectivity index (χ1n) is 9.96. The fraction of sp³-hybridized carbons (Fsp3) is 0.227. The topological polar surface area (TPSA) is 96.3 Å². The number of aryl methyl sites for hydroxylation is 1. The predicted octanol–water partition coefficient (Wildman–Crippen LogP) is 4.00. The molecule has 0 unspecified atom stereocenters. The third-order valence-electron chi connectivity index (χ3n) is 4.72. The Morgan fingerprint density at radius 1 is 1.06 bits per heavy atom. The minimum atomic E-state index is -0.231. The molecule has 0 aliphatic heterocycles. The van der Waals surface area contributed by atoms with E-state index in [1.807, 2.05) is 56.3 Å². The monoisotopic (exact) mass is 438 g/mol. The number of rotatable bonds is 8. The summed E-state index contributed by atoms with van der Waals surface area (Å²) >= 11 is 6.16. The molecule has 0 aliphatic carbocycles. The minimum Gasteiger partial charge on any atom is -0.494 e. The van der Waals surface area contributed by atoms with Crippen molar-refractivity contribution in [3.63, 3.8) is 0 Å². The van der Waals surface area contributed by atoms with Crippen LogP contribution in [0.25, 0.3) is 5.78 Å². The van der Waals surface area contributed by atoms with Gasteiger partial charge in [0, 0.05) is 23.3 Å². The molecule has 8 nitrogen and oxygen atoms in total. The molecule has 9 heteroatoms. The van der Waals surface area contributed by atoms with Gasteiger partial charge in [-0.15, -0.1) is 0 Å². The van der Waals surface area contributed by atoms with Crippen molar-refractivity contribution >= 4 is 29.0 Å². The second-order valence-electron chi connectivity index (χ2n) is 7.04. The van der Waals surface area contributed by atoms with E-state index in [0.717, 1.165) is 22.6 Å². The van der Waals surface area contributed by atoms with Crippen LogP contribution in [0.2, 0.25) is 5.02 Å². The summed E-state index contributed by atoms with van der Waals surface area (Å²) in [4.78, 5) is 21.3. The molecule has 31 heavy (non-hydrogen) atoms. The Labute approximate surface area is 184 Å². The third kappa shape index (κ3) is 4.97. The lowest BCUT2D eigenvalue weighted by atomic mass is 10.2. The third-order valence-corrected chi connectivity index (χ3v) is 5.13. The summed E-state index contributed by atoms with van der Waals surface area (Å²) in [5, 5.41) is 10.0. The Morgan fingerprint density at radius 2 is 1.87 bits per heavy atom. The molecule has 0 fully saturated rings. The summed E-state index contributed by atoms with van der Waals surface area (Å²) in [7, 11) is 0. The maximum Gasteiger partial charge on any atom is 0.274 e. The number of aromatic nitrogens is 4. The molecule has 0 atom stereocenters. The highest BCUT2D eigenvalue weighted by Crippen LogP contribution is 2.20. The van der Waals surface area contributed by atoms with Crippen LogP contribution in [0.5, 0.6) is 5.75 Å². The number of benzene rings is 2. The van der Waals surface area contributed by atoms with Crippen LogP contribution in [0.4, 0.5) is 11.6 Å². The first-order valence-corrected chi connectivity index (χ1v) is 10.3. The average molecular weight is 439 g/mol. The highest BCUT2D eigenvalue weighted by Gasteiger charge is 2.08. The van der Waals surface area contributed by atoms with Crippen molar-refractivity contribution in [1.29, 1.82) is 0 Å². The lowest BCUT2D eigenvalue weighted by Gasteiger charge is -2.07. The number of aromatic amines is 1. The first-order chi connectivity index (χ1) is 15.0. The highest BCUT2D eigenvalue weighted by molar-refractivity contribution is 6.31. The van der Waals surface area contributed by atoms with Crippen molar-refractivity contribution in [2.75, 3.05) is 17.2 Å². The summed E-state index contributed by atoms with van der Waals surface area (Å²) in [5.41, 5.74) is 3.28. The fourth-order valence-electron chi connectivity index (χ4n) is 3.05. The van der Waals surface area contributed by atoms with Gasteiger partial charge in [0.25, 0.3) is 11.3 Å². The second-order valence-corrected chi connectivity index (χ2v) is 7.45. The zero-order valence-corrected chi connectivity index (χ0v) is 18.0. The Hall–Kier alpha value is -3.52. The van der Waals surface area contributed by atoms with Gasteiger partial charge in [-0.05, 0) is 49.2 Å². The van der Waals surface area contributed by atoms with Crippen molar-refractivity contribution in [3.8, 4) is 5.75 Å². The predicted molar refractivity (Wildman–Crippen MR) is 122 cm³/mol. The summed E-state index contributed by atoms with van der Waals surface area (Å²) in [6.45, 7) is 5.46. The van der Waals surface area contributed by atoms with Crippen molar-refractivity contribution in [2.45, 2.75) is 26.9 Å². The standard InChI is InChI=1S/C22H23ClN6O2/c1-3-31-18-8-5-15(6-9-18)12-25-21-27-22-26-17(11-20(30)29(22)28-21)13-24-16-7-4-14(2)19(23)10-16/h4-11,24H,3,12-13H2,1-2H3,(H2,25,26,27,28). The summed E-state index contributed by atoms with van der Waals surface area (Å²) in [6.07, 6.45) is 0. The van der Waals surface area contributed by atoms with Crippen LogP contribution in [-0.2, 0) is 13.1 Å². The molecule has 4 aromatic rings. The number of hydrogen-bond donors (Lipinski definition) is 3. The van der Waals surface area contributed by atoms with E-state index in [1.54, 1.807) is 0 Å². The Morgan fingerprint density at radius 3 is 2.61 bits per heavy atom. The highest BCUT2D eigenvalue weighted by atomic mass is 35.5. The van der Waals surface area contributed by atoms with E-state index in [1.165, 1.54) is 10.6 Å². The van der Waals surface area contributed by atoms with E-state index in [4.69, 9.17) is 16.3 Å². The van der Waals surface area contributed by atoms with Gasteiger partial charge in [0.15, 0.2) is 0 Å². The minimum absolute atomic E-state index is 0.231. The number of halogens is 1. The number of anilines is 2. The van der Waals surface area contributed by atoms with Crippen LogP contribution in [0.3, 0.4) is 0 Å². The summed E-state index contributed by atoms with van der Waals surface area (Å²) in [6, 6.07) is 15.0. The van der Waals surface area contributed by atoms with Gasteiger partial charge in [-0.1, -0.05) is 29.8 Å². The fourth-order valence-corrected chi connectivity index (χ4v) is 3.23. The summed E-state index contributed by atoms with van der Waals surface area (Å²) in [5.74, 6) is 1.61. The lowest BCUT2D eigenvalue weighted by Crippen LogP contribution is -2.17. The molecule has 0 amide bonds. The van der Waals surface area contributed by atoms with Gasteiger partial charge in [0.1, 0.15) is 5.75 Å². The molecule has 2 heterocycles. The van der Waals surface area contributed by atoms with Crippen molar-refractivity contribution < 1.29 is 4.74 Å². The van der Waals surface area contributed by atoms with Crippen LogP contribution in [0.15, 0.2) is 53.3 Å². The number of ether oxygens (including phenoxy) is 1. The van der Waals surface area contributed by atoms with Gasteiger partial charge < -0.3 is 15.4 Å². The number of H-pyrrole nitrogens is 1. The lowest BCUT2D eigenvalue weighted by molar-refractivity contribution is 0.340. The van der Waals surface area contributed by atoms with E-state index >= 15 is 0 Å². The van der Waals surface area contributed by atoms with Gasteiger partial charge in [-0.2, -0.15) is 9.50 Å². The Balaban J connectivity index is 1.44. The molecule has 0 radical (unpaired) electrons. The van der Waals surface area contributed by atoms with Gasteiger partial charge in [-0.25, -0.2) is 4.98 Å². The smallest absolute Gasteiger partial charge is 0.274 e. The maximum absolute atomic E-state index is 12.5. The molecule has 2 aromatic heterocycles. The van der Waals surface area contributed by atoms with Gasteiger partial charge in [0.2, 0.25) is 5.95 Å². The van der Waals surface area contributed by atoms with Crippen LogP contribution in [0.1, 0.15) is 23.7 Å². The normalized spacial score (nSPS) is 10.9. The van der Waals surface area contributed by atoms with Crippen LogP contribution in [-0.4, -0.2) is 26.2 Å². The Kier molecular flexibility index (Phi) is 6.08. The number of nitrogens with zero attached hydrogens (tertiary/aromatic N) is 3. The van der Waals surface area contributed by atoms with Crippen LogP contribution >= 0.6 is 11.6 Å². The van der Waals surface area contributed by atoms with Gasteiger partial charge in [-0.3, -0.25) is 9.89 Å². The van der Waals surface area contributed by atoms with E-state index in [0.29, 0.717) is 42.1 Å². The number of nitrogens with one attached hydrogen (secondary N) is 3. The molecule has 0 bridgehead atoms. The molecule has 0 spiro atoms. The van der Waals surface area contributed by atoms with Gasteiger partial charge >= 0.3 is 0 Å². The molecule has 0 saturated heterocycles. The molecular weight excluding hydrogens is 416 g/mol. The van der Waals surface area contributed by atoms with Crippen molar-refractivity contribution in [1.82, 2.24) is 19.6 Å². The molecule has 0 aliphatic rings. The summed E-state index contributed by atoms with van der Waals surface area (Å²) < 4.78 is 6.76. The van der Waals surface area contributed by atoms with Gasteiger partial charge in [0.05, 0.1) is 18.8 Å². The molecule has 2 aromatic carbocycles. The van der Waals surface area contributed by atoms with Crippen LogP contribution in [0, 0.1) is 6.92 Å². The molecule has 160 valence electrons. The zero-order valence-electron chi connectivity index (χ0n) is 17.3. The maximum atomic E-state index is 12.5. The average Bonchev–Trinajstić information content (AvgIpc) is 3.18. The SMILES string of the molecule is CCOc1ccc(CNc2nc3nc(CNc4ccc(C)c(Cl)c4)cc(=O)n3[nH]2)cc1. The van der Waals surface area contributed by atoms with E-state index in [2.05, 4.69) is 25.7 Å². The van der Waals surface area contributed by atoms with E-state index in [-0.39, 0.29) is 5.56 Å². The van der Waals surface area contributed by atoms with Crippen molar-refractivity contribution in [2.24, 2.45) is 0 Å². The van der Waals surface area contributed by atoms with Crippen LogP contribution < -0.4 is 20.9 Å². The molecule has 4 rings (SSSR count). The second kappa shape index (κ2) is 9.09. The quantitative estimate of drug-likeness (QED) is 0.384. The van der Waals surface area contributed by atoms with E-state index in [9.17, 15) is 4.79 Å². The molecule has 0 saturated carbocycles. The molecular formula is C22H23ClN6O2. The first kappa shape index (κ1) is 20.7. The number of hydrogen-bond acceptors (Lipinski definition) is 6. The zero-order chi connectivity index (χ0) is 21.8. The number of fused-ring (bicyclic) bond motifs is 1. The van der Waals surface area contributed by atoms with Crippen molar-refractivity contribution in [3.05, 3.63) is 80.7 Å². The Bertz CT molecular complexity index is 1250.